The molecule has 220 valence electrons. The Morgan fingerprint density at radius 1 is 1.12 bits per heavy atom. The van der Waals surface area contributed by atoms with Crippen LogP contribution in [0.4, 0.5) is 20.6 Å². The number of carbonyl (C=O) groups is 2. The van der Waals surface area contributed by atoms with Crippen LogP contribution in [0.2, 0.25) is 0 Å². The number of ether oxygens (including phenoxy) is 2. The van der Waals surface area contributed by atoms with Gasteiger partial charge in [0.2, 0.25) is 0 Å². The number of carbonyl (C=O) groups excluding carboxylic acids is 2. The van der Waals surface area contributed by atoms with Gasteiger partial charge < -0.3 is 35.0 Å². The summed E-state index contributed by atoms with van der Waals surface area (Å²) >= 11 is 0. The van der Waals surface area contributed by atoms with E-state index in [9.17, 15) is 19.1 Å². The van der Waals surface area contributed by atoms with Gasteiger partial charge in [-0.3, -0.25) is 4.79 Å². The van der Waals surface area contributed by atoms with Crippen LogP contribution in [0.5, 0.6) is 5.75 Å². The predicted molar refractivity (Wildman–Crippen MR) is 154 cm³/mol. The molecule has 0 bridgehead atoms. The molecule has 1 aliphatic rings. The topological polar surface area (TPSA) is 103 Å². The smallest absolute Gasteiger partial charge is 0.323 e. The van der Waals surface area contributed by atoms with Crippen molar-refractivity contribution in [2.45, 2.75) is 58.3 Å². The van der Waals surface area contributed by atoms with Gasteiger partial charge in [-0.25, -0.2) is 9.18 Å². The van der Waals surface area contributed by atoms with Crippen molar-refractivity contribution < 1.29 is 28.6 Å². The van der Waals surface area contributed by atoms with Crippen LogP contribution in [0, 0.1) is 11.7 Å². The standard InChI is InChI=1S/C30H43FN4O5/c1-20-17-35(21(2)19-36)29(37)26-16-25(33-30(38)32-24-11-9-23(31)10-12-24)13-14-27(26)40-22(3)8-6-7-15-39-28(20)18-34(4)5/h9-14,16,20-22,28,36H,6-8,15,17-19H2,1-5H3,(H2,32,33,38)/t20-,21+,22-,28-/m1/s1. The van der Waals surface area contributed by atoms with Gasteiger partial charge in [-0.05, 0) is 89.7 Å². The lowest BCUT2D eigenvalue weighted by atomic mass is 10.0. The van der Waals surface area contributed by atoms with Gasteiger partial charge in [0.05, 0.1) is 30.4 Å². The molecule has 3 amide bonds. The van der Waals surface area contributed by atoms with Crippen LogP contribution in [0.3, 0.4) is 0 Å². The van der Waals surface area contributed by atoms with Gasteiger partial charge in [0, 0.05) is 37.0 Å². The fourth-order valence-corrected chi connectivity index (χ4v) is 4.65. The Morgan fingerprint density at radius 2 is 1.80 bits per heavy atom. The Kier molecular flexibility index (Phi) is 11.7. The Balaban J connectivity index is 1.92. The highest BCUT2D eigenvalue weighted by Crippen LogP contribution is 2.28. The number of likely N-dealkylation sites (N-methyl/N-ethyl adjacent to an activating group) is 1. The van der Waals surface area contributed by atoms with Crippen molar-refractivity contribution in [3.8, 4) is 5.75 Å². The lowest BCUT2D eigenvalue weighted by Crippen LogP contribution is -2.47. The molecule has 9 nitrogen and oxygen atoms in total. The van der Waals surface area contributed by atoms with Gasteiger partial charge in [0.25, 0.3) is 5.91 Å². The molecule has 3 rings (SSSR count). The summed E-state index contributed by atoms with van der Waals surface area (Å²) in [5, 5.41) is 15.4. The molecule has 0 aliphatic carbocycles. The van der Waals surface area contributed by atoms with E-state index in [4.69, 9.17) is 9.47 Å². The Labute approximate surface area is 236 Å². The number of rotatable bonds is 6. The van der Waals surface area contributed by atoms with Gasteiger partial charge in [0.1, 0.15) is 11.6 Å². The van der Waals surface area contributed by atoms with Crippen molar-refractivity contribution in [2.24, 2.45) is 5.92 Å². The maximum absolute atomic E-state index is 14.1. The van der Waals surface area contributed by atoms with Crippen molar-refractivity contribution in [1.29, 1.82) is 0 Å². The third kappa shape index (κ3) is 9.18. The van der Waals surface area contributed by atoms with Crippen LogP contribution in [0.25, 0.3) is 0 Å². The summed E-state index contributed by atoms with van der Waals surface area (Å²) in [6.45, 7) is 7.33. The van der Waals surface area contributed by atoms with E-state index in [1.165, 1.54) is 24.3 Å². The van der Waals surface area contributed by atoms with Gasteiger partial charge in [0.15, 0.2) is 0 Å². The molecule has 0 unspecified atom stereocenters. The highest BCUT2D eigenvalue weighted by molar-refractivity contribution is 6.02. The molecule has 0 saturated heterocycles. The number of aliphatic hydroxyl groups excluding tert-OH is 1. The maximum Gasteiger partial charge on any atom is 0.323 e. The number of aliphatic hydroxyl groups is 1. The Bertz CT molecular complexity index is 1110. The van der Waals surface area contributed by atoms with Crippen LogP contribution < -0.4 is 15.4 Å². The number of benzene rings is 2. The van der Waals surface area contributed by atoms with Gasteiger partial charge in [-0.2, -0.15) is 0 Å². The minimum atomic E-state index is -0.535. The molecule has 0 aromatic heterocycles. The minimum absolute atomic E-state index is 0.00521. The zero-order valence-electron chi connectivity index (χ0n) is 24.2. The molecule has 10 heteroatoms. The fraction of sp³-hybridized carbons (Fsp3) is 0.533. The number of halogens is 1. The number of amides is 3. The molecular formula is C30H43FN4O5. The predicted octanol–water partition coefficient (Wildman–Crippen LogP) is 4.83. The zero-order chi connectivity index (χ0) is 29.2. The molecule has 1 heterocycles. The molecule has 0 spiro atoms. The lowest BCUT2D eigenvalue weighted by molar-refractivity contribution is -0.0137. The largest absolute Gasteiger partial charge is 0.490 e. The van der Waals surface area contributed by atoms with Crippen LogP contribution in [0.15, 0.2) is 42.5 Å². The first kappa shape index (κ1) is 31.3. The first-order valence-corrected chi connectivity index (χ1v) is 13.9. The van der Waals surface area contributed by atoms with E-state index in [1.807, 2.05) is 21.0 Å². The molecule has 2 aromatic carbocycles. The number of nitrogens with one attached hydrogen (secondary N) is 2. The third-order valence-corrected chi connectivity index (χ3v) is 6.96. The number of nitrogens with zero attached hydrogens (tertiary/aromatic N) is 2. The summed E-state index contributed by atoms with van der Waals surface area (Å²) < 4.78 is 25.7. The molecule has 4 atom stereocenters. The summed E-state index contributed by atoms with van der Waals surface area (Å²) in [7, 11) is 3.99. The monoisotopic (exact) mass is 558 g/mol. The van der Waals surface area contributed by atoms with E-state index in [2.05, 4.69) is 22.5 Å². The SMILES string of the molecule is C[C@@H]1CCCCO[C@H](CN(C)C)[C@H](C)CN([C@@H](C)CO)C(=O)c2cc(NC(=O)Nc3ccc(F)cc3)ccc2O1. The van der Waals surface area contributed by atoms with E-state index in [-0.39, 0.29) is 30.6 Å². The summed E-state index contributed by atoms with van der Waals surface area (Å²) in [6, 6.07) is 9.39. The number of fused-ring (bicyclic) bond motifs is 1. The minimum Gasteiger partial charge on any atom is -0.490 e. The number of urea groups is 1. The maximum atomic E-state index is 14.1. The number of hydrogen-bond acceptors (Lipinski definition) is 6. The Hall–Kier alpha value is -3.21. The number of anilines is 2. The molecule has 40 heavy (non-hydrogen) atoms. The highest BCUT2D eigenvalue weighted by atomic mass is 19.1. The Morgan fingerprint density at radius 3 is 2.48 bits per heavy atom. The van der Waals surface area contributed by atoms with E-state index in [1.54, 1.807) is 30.0 Å². The van der Waals surface area contributed by atoms with Gasteiger partial charge in [-0.1, -0.05) is 6.92 Å². The average molecular weight is 559 g/mol. The lowest BCUT2D eigenvalue weighted by Gasteiger charge is -2.35. The van der Waals surface area contributed by atoms with Crippen molar-refractivity contribution in [2.75, 3.05) is 51.0 Å². The van der Waals surface area contributed by atoms with Crippen molar-refractivity contribution >= 4 is 23.3 Å². The first-order chi connectivity index (χ1) is 19.1. The van der Waals surface area contributed by atoms with E-state index in [0.717, 1.165) is 19.3 Å². The third-order valence-electron chi connectivity index (χ3n) is 6.96. The van der Waals surface area contributed by atoms with Crippen molar-refractivity contribution in [3.63, 3.8) is 0 Å². The second-order valence-electron chi connectivity index (χ2n) is 10.9. The van der Waals surface area contributed by atoms with E-state index < -0.39 is 17.9 Å². The molecular weight excluding hydrogens is 515 g/mol. The summed E-state index contributed by atoms with van der Waals surface area (Å²) in [5.41, 5.74) is 1.11. The summed E-state index contributed by atoms with van der Waals surface area (Å²) in [6.07, 6.45) is 2.39. The van der Waals surface area contributed by atoms with Crippen molar-refractivity contribution in [1.82, 2.24) is 9.80 Å². The van der Waals surface area contributed by atoms with Crippen LogP contribution in [0.1, 0.15) is 50.4 Å². The van der Waals surface area contributed by atoms with Crippen LogP contribution in [-0.2, 0) is 4.74 Å². The summed E-state index contributed by atoms with van der Waals surface area (Å²) in [5.74, 6) is -0.295. The first-order valence-electron chi connectivity index (χ1n) is 13.9. The number of hydrogen-bond donors (Lipinski definition) is 3. The molecule has 0 saturated carbocycles. The van der Waals surface area contributed by atoms with Crippen LogP contribution in [-0.4, -0.2) is 85.5 Å². The summed E-state index contributed by atoms with van der Waals surface area (Å²) in [4.78, 5) is 30.4. The van der Waals surface area contributed by atoms with Crippen LogP contribution >= 0.6 is 0 Å². The molecule has 0 fully saturated rings. The van der Waals surface area contributed by atoms with E-state index in [0.29, 0.717) is 42.4 Å². The fourth-order valence-electron chi connectivity index (χ4n) is 4.65. The molecule has 2 aromatic rings. The van der Waals surface area contributed by atoms with E-state index >= 15 is 0 Å². The molecule has 3 N–H and O–H groups in total. The molecule has 1 aliphatic heterocycles. The zero-order valence-corrected chi connectivity index (χ0v) is 24.2. The highest BCUT2D eigenvalue weighted by Gasteiger charge is 2.30. The average Bonchev–Trinajstić information content (AvgIpc) is 2.91. The van der Waals surface area contributed by atoms with Crippen molar-refractivity contribution in [3.05, 3.63) is 53.8 Å². The van der Waals surface area contributed by atoms with Gasteiger partial charge in [-0.15, -0.1) is 0 Å². The normalized spacial score (nSPS) is 21.6. The quantitative estimate of drug-likeness (QED) is 0.470. The molecule has 0 radical (unpaired) electrons. The van der Waals surface area contributed by atoms with Gasteiger partial charge >= 0.3 is 6.03 Å². The second-order valence-corrected chi connectivity index (χ2v) is 10.9. The second kappa shape index (κ2) is 15.0.